The molecular formula is C10H17NOS. The minimum atomic E-state index is -0.342. The lowest BCUT2D eigenvalue weighted by Crippen LogP contribution is -1.96. The molecule has 1 N–H and O–H groups in total. The Kier molecular flexibility index (Phi) is 4.39. The van der Waals surface area contributed by atoms with Gasteiger partial charge in [0.2, 0.25) is 0 Å². The lowest BCUT2D eigenvalue weighted by atomic mass is 10.1. The second-order valence-electron chi connectivity index (χ2n) is 3.34. The van der Waals surface area contributed by atoms with Crippen LogP contribution in [0.15, 0.2) is 5.38 Å². The Bertz CT molecular complexity index is 247. The van der Waals surface area contributed by atoms with Crippen molar-refractivity contribution < 1.29 is 5.11 Å². The predicted octanol–water partition coefficient (Wildman–Crippen LogP) is 3.07. The van der Waals surface area contributed by atoms with Gasteiger partial charge in [0.15, 0.2) is 0 Å². The van der Waals surface area contributed by atoms with Crippen LogP contribution >= 0.6 is 11.3 Å². The minimum absolute atomic E-state index is 0.342. The van der Waals surface area contributed by atoms with Gasteiger partial charge >= 0.3 is 0 Å². The summed E-state index contributed by atoms with van der Waals surface area (Å²) in [6.07, 6.45) is 3.99. The van der Waals surface area contributed by atoms with Crippen LogP contribution in [-0.2, 0) is 0 Å². The average Bonchev–Trinajstić information content (AvgIpc) is 2.52. The van der Waals surface area contributed by atoms with E-state index in [1.54, 1.807) is 11.3 Å². The van der Waals surface area contributed by atoms with Crippen molar-refractivity contribution in [3.8, 4) is 0 Å². The molecule has 0 aliphatic heterocycles. The molecule has 0 fully saturated rings. The molecule has 1 heterocycles. The molecule has 0 saturated carbocycles. The van der Waals surface area contributed by atoms with Crippen molar-refractivity contribution in [1.29, 1.82) is 0 Å². The quantitative estimate of drug-likeness (QED) is 0.739. The summed E-state index contributed by atoms with van der Waals surface area (Å²) in [6.45, 7) is 4.12. The van der Waals surface area contributed by atoms with Crippen LogP contribution in [0.4, 0.5) is 0 Å². The SMILES string of the molecule is CCCCCC(O)c1nc(C)cs1. The maximum absolute atomic E-state index is 9.71. The van der Waals surface area contributed by atoms with Crippen molar-refractivity contribution >= 4 is 11.3 Å². The minimum Gasteiger partial charge on any atom is -0.386 e. The summed E-state index contributed by atoms with van der Waals surface area (Å²) in [5.74, 6) is 0. The number of nitrogens with zero attached hydrogens (tertiary/aromatic N) is 1. The van der Waals surface area contributed by atoms with E-state index in [0.29, 0.717) is 0 Å². The molecule has 0 saturated heterocycles. The fourth-order valence-electron chi connectivity index (χ4n) is 1.24. The molecule has 0 aromatic carbocycles. The van der Waals surface area contributed by atoms with E-state index >= 15 is 0 Å². The Balaban J connectivity index is 2.35. The van der Waals surface area contributed by atoms with Gasteiger partial charge < -0.3 is 5.11 Å². The maximum atomic E-state index is 9.71. The molecular weight excluding hydrogens is 182 g/mol. The van der Waals surface area contributed by atoms with E-state index in [0.717, 1.165) is 23.5 Å². The van der Waals surface area contributed by atoms with Crippen LogP contribution in [0.25, 0.3) is 0 Å². The van der Waals surface area contributed by atoms with Crippen LogP contribution in [0, 0.1) is 6.92 Å². The van der Waals surface area contributed by atoms with Crippen LogP contribution in [0.1, 0.15) is 49.4 Å². The van der Waals surface area contributed by atoms with Gasteiger partial charge in [0, 0.05) is 11.1 Å². The zero-order valence-electron chi connectivity index (χ0n) is 8.29. The van der Waals surface area contributed by atoms with Crippen LogP contribution < -0.4 is 0 Å². The fraction of sp³-hybridized carbons (Fsp3) is 0.700. The zero-order chi connectivity index (χ0) is 9.68. The first-order valence-corrected chi connectivity index (χ1v) is 5.72. The summed E-state index contributed by atoms with van der Waals surface area (Å²) < 4.78 is 0. The molecule has 0 radical (unpaired) electrons. The normalized spacial score (nSPS) is 13.2. The fourth-order valence-corrected chi connectivity index (χ4v) is 2.05. The highest BCUT2D eigenvalue weighted by molar-refractivity contribution is 7.09. The van der Waals surface area contributed by atoms with Crippen molar-refractivity contribution in [2.75, 3.05) is 0 Å². The maximum Gasteiger partial charge on any atom is 0.121 e. The number of aliphatic hydroxyl groups excluding tert-OH is 1. The van der Waals surface area contributed by atoms with Gasteiger partial charge in [0.05, 0.1) is 0 Å². The van der Waals surface area contributed by atoms with Gasteiger partial charge in [-0.15, -0.1) is 11.3 Å². The van der Waals surface area contributed by atoms with Gasteiger partial charge in [-0.25, -0.2) is 4.98 Å². The summed E-state index contributed by atoms with van der Waals surface area (Å²) in [4.78, 5) is 4.26. The van der Waals surface area contributed by atoms with E-state index in [1.165, 1.54) is 12.8 Å². The molecule has 1 aromatic heterocycles. The Morgan fingerprint density at radius 3 is 2.85 bits per heavy atom. The number of aliphatic hydroxyl groups is 1. The summed E-state index contributed by atoms with van der Waals surface area (Å²) in [7, 11) is 0. The molecule has 0 bridgehead atoms. The molecule has 2 nitrogen and oxygen atoms in total. The number of hydrogen-bond acceptors (Lipinski definition) is 3. The van der Waals surface area contributed by atoms with Crippen LogP contribution in [0.3, 0.4) is 0 Å². The van der Waals surface area contributed by atoms with E-state index in [-0.39, 0.29) is 6.10 Å². The number of unbranched alkanes of at least 4 members (excludes halogenated alkanes) is 2. The number of aromatic nitrogens is 1. The molecule has 0 aliphatic rings. The Labute approximate surface area is 83.6 Å². The average molecular weight is 199 g/mol. The Hall–Kier alpha value is -0.410. The van der Waals surface area contributed by atoms with E-state index in [1.807, 2.05) is 12.3 Å². The Morgan fingerprint density at radius 1 is 1.54 bits per heavy atom. The first kappa shape index (κ1) is 10.7. The lowest BCUT2D eigenvalue weighted by molar-refractivity contribution is 0.163. The van der Waals surface area contributed by atoms with E-state index in [4.69, 9.17) is 0 Å². The van der Waals surface area contributed by atoms with Gasteiger partial charge in [-0.05, 0) is 13.3 Å². The van der Waals surface area contributed by atoms with Gasteiger partial charge in [-0.3, -0.25) is 0 Å². The topological polar surface area (TPSA) is 33.1 Å². The summed E-state index contributed by atoms with van der Waals surface area (Å²) in [5.41, 5.74) is 1.01. The van der Waals surface area contributed by atoms with Crippen molar-refractivity contribution in [1.82, 2.24) is 4.98 Å². The van der Waals surface area contributed by atoms with Gasteiger partial charge in [-0.1, -0.05) is 26.2 Å². The monoisotopic (exact) mass is 199 g/mol. The third-order valence-electron chi connectivity index (χ3n) is 2.00. The smallest absolute Gasteiger partial charge is 0.121 e. The first-order valence-electron chi connectivity index (χ1n) is 4.84. The molecule has 3 heteroatoms. The predicted molar refractivity (Wildman–Crippen MR) is 56.0 cm³/mol. The Morgan fingerprint density at radius 2 is 2.31 bits per heavy atom. The molecule has 1 rings (SSSR count). The second-order valence-corrected chi connectivity index (χ2v) is 4.23. The molecule has 0 spiro atoms. The van der Waals surface area contributed by atoms with Crippen molar-refractivity contribution in [3.63, 3.8) is 0 Å². The van der Waals surface area contributed by atoms with Crippen molar-refractivity contribution in [2.24, 2.45) is 0 Å². The van der Waals surface area contributed by atoms with Gasteiger partial charge in [0.25, 0.3) is 0 Å². The lowest BCUT2D eigenvalue weighted by Gasteiger charge is -2.05. The summed E-state index contributed by atoms with van der Waals surface area (Å²) >= 11 is 1.55. The van der Waals surface area contributed by atoms with Crippen LogP contribution in [0.5, 0.6) is 0 Å². The highest BCUT2D eigenvalue weighted by atomic mass is 32.1. The molecule has 74 valence electrons. The third-order valence-corrected chi connectivity index (χ3v) is 3.07. The van der Waals surface area contributed by atoms with Crippen molar-refractivity contribution in [3.05, 3.63) is 16.1 Å². The zero-order valence-corrected chi connectivity index (χ0v) is 9.10. The number of rotatable bonds is 5. The molecule has 13 heavy (non-hydrogen) atoms. The third kappa shape index (κ3) is 3.44. The van der Waals surface area contributed by atoms with Crippen LogP contribution in [0.2, 0.25) is 0 Å². The van der Waals surface area contributed by atoms with Crippen molar-refractivity contribution in [2.45, 2.75) is 45.6 Å². The number of thiazole rings is 1. The van der Waals surface area contributed by atoms with Gasteiger partial charge in [0.1, 0.15) is 11.1 Å². The van der Waals surface area contributed by atoms with Crippen LogP contribution in [-0.4, -0.2) is 10.1 Å². The number of hydrogen-bond donors (Lipinski definition) is 1. The highest BCUT2D eigenvalue weighted by Crippen LogP contribution is 2.22. The second kappa shape index (κ2) is 5.35. The van der Waals surface area contributed by atoms with Gasteiger partial charge in [-0.2, -0.15) is 0 Å². The molecule has 0 aliphatic carbocycles. The number of aryl methyl sites for hydroxylation is 1. The highest BCUT2D eigenvalue weighted by Gasteiger charge is 2.10. The summed E-state index contributed by atoms with van der Waals surface area (Å²) in [6, 6.07) is 0. The molecule has 1 atom stereocenters. The van der Waals surface area contributed by atoms with E-state index in [2.05, 4.69) is 11.9 Å². The molecule has 1 unspecified atom stereocenters. The summed E-state index contributed by atoms with van der Waals surface area (Å²) in [5, 5.41) is 12.6. The molecule has 0 amide bonds. The first-order chi connectivity index (χ1) is 6.24. The largest absolute Gasteiger partial charge is 0.386 e. The molecule has 1 aromatic rings. The van der Waals surface area contributed by atoms with E-state index < -0.39 is 0 Å². The van der Waals surface area contributed by atoms with E-state index in [9.17, 15) is 5.11 Å². The standard InChI is InChI=1S/C10H17NOS/c1-3-4-5-6-9(12)10-11-8(2)7-13-10/h7,9,12H,3-6H2,1-2H3.